The molecule has 1 atom stereocenters. The molecule has 3 rings (SSSR count). The molecule has 0 aliphatic carbocycles. The number of amides is 2. The Morgan fingerprint density at radius 3 is 2.67 bits per heavy atom. The molecule has 1 aromatic heterocycles. The first-order valence-corrected chi connectivity index (χ1v) is 8.25. The van der Waals surface area contributed by atoms with Crippen LogP contribution in [0.2, 0.25) is 0 Å². The van der Waals surface area contributed by atoms with E-state index in [2.05, 4.69) is 19.2 Å². The summed E-state index contributed by atoms with van der Waals surface area (Å²) < 4.78 is 5.20. The van der Waals surface area contributed by atoms with Gasteiger partial charge in [-0.2, -0.15) is 0 Å². The standard InChI is InChI=1S/C19H22N2O3/c1-13(2)14-5-7-16(8-6-14)21-12-15(10-18(21)22)19(23)20-11-17-4-3-9-24-17/h3-9,13,15H,10-12H2,1-2H3,(H,20,23). The minimum absolute atomic E-state index is 0.00885. The highest BCUT2D eigenvalue weighted by atomic mass is 16.3. The third-order valence-electron chi connectivity index (χ3n) is 4.38. The van der Waals surface area contributed by atoms with Crippen molar-refractivity contribution in [3.05, 3.63) is 54.0 Å². The molecule has 1 unspecified atom stereocenters. The lowest BCUT2D eigenvalue weighted by atomic mass is 10.0. The number of hydrogen-bond acceptors (Lipinski definition) is 3. The summed E-state index contributed by atoms with van der Waals surface area (Å²) in [5.41, 5.74) is 2.09. The molecule has 126 valence electrons. The lowest BCUT2D eigenvalue weighted by molar-refractivity contribution is -0.126. The second kappa shape index (κ2) is 6.91. The number of anilines is 1. The van der Waals surface area contributed by atoms with Gasteiger partial charge in [-0.05, 0) is 35.7 Å². The maximum absolute atomic E-state index is 12.3. The maximum Gasteiger partial charge on any atom is 0.227 e. The highest BCUT2D eigenvalue weighted by Crippen LogP contribution is 2.27. The molecule has 1 fully saturated rings. The number of carbonyl (C=O) groups excluding carboxylic acids is 2. The van der Waals surface area contributed by atoms with E-state index >= 15 is 0 Å². The fourth-order valence-electron chi connectivity index (χ4n) is 2.90. The van der Waals surface area contributed by atoms with E-state index in [4.69, 9.17) is 4.42 Å². The molecule has 0 bridgehead atoms. The van der Waals surface area contributed by atoms with Crippen molar-refractivity contribution in [3.63, 3.8) is 0 Å². The molecule has 0 spiro atoms. The van der Waals surface area contributed by atoms with E-state index in [-0.39, 0.29) is 24.2 Å². The molecule has 5 nitrogen and oxygen atoms in total. The van der Waals surface area contributed by atoms with Crippen molar-refractivity contribution < 1.29 is 14.0 Å². The summed E-state index contributed by atoms with van der Waals surface area (Å²) in [7, 11) is 0. The summed E-state index contributed by atoms with van der Waals surface area (Å²) in [6.07, 6.45) is 1.82. The molecule has 24 heavy (non-hydrogen) atoms. The Balaban J connectivity index is 1.61. The van der Waals surface area contributed by atoms with Gasteiger partial charge in [0.15, 0.2) is 0 Å². The van der Waals surface area contributed by atoms with Crippen LogP contribution in [0.5, 0.6) is 0 Å². The fourth-order valence-corrected chi connectivity index (χ4v) is 2.90. The molecule has 2 heterocycles. The van der Waals surface area contributed by atoms with Crippen molar-refractivity contribution in [1.29, 1.82) is 0 Å². The molecule has 1 aromatic carbocycles. The number of nitrogens with zero attached hydrogens (tertiary/aromatic N) is 1. The zero-order chi connectivity index (χ0) is 17.1. The molecule has 5 heteroatoms. The predicted molar refractivity (Wildman–Crippen MR) is 91.5 cm³/mol. The molecule has 0 radical (unpaired) electrons. The topological polar surface area (TPSA) is 62.6 Å². The van der Waals surface area contributed by atoms with Crippen LogP contribution in [0.1, 0.15) is 37.5 Å². The first kappa shape index (κ1) is 16.3. The van der Waals surface area contributed by atoms with Gasteiger partial charge in [0.05, 0.1) is 18.7 Å². The summed E-state index contributed by atoms with van der Waals surface area (Å²) in [6.45, 7) is 5.04. The third kappa shape index (κ3) is 3.50. The van der Waals surface area contributed by atoms with Crippen LogP contribution in [-0.4, -0.2) is 18.4 Å². The zero-order valence-corrected chi connectivity index (χ0v) is 14.0. The van der Waals surface area contributed by atoms with Crippen LogP contribution in [0, 0.1) is 5.92 Å². The number of nitrogens with one attached hydrogen (secondary N) is 1. The highest BCUT2D eigenvalue weighted by molar-refractivity contribution is 6.00. The van der Waals surface area contributed by atoms with Crippen molar-refractivity contribution in [2.75, 3.05) is 11.4 Å². The summed E-state index contributed by atoms with van der Waals surface area (Å²) in [5, 5.41) is 2.83. The Morgan fingerprint density at radius 2 is 2.04 bits per heavy atom. The first-order chi connectivity index (χ1) is 11.5. The van der Waals surface area contributed by atoms with E-state index in [9.17, 15) is 9.59 Å². The average molecular weight is 326 g/mol. The van der Waals surface area contributed by atoms with Gasteiger partial charge in [0.25, 0.3) is 0 Å². The quantitative estimate of drug-likeness (QED) is 0.918. The number of rotatable bonds is 5. The number of hydrogen-bond donors (Lipinski definition) is 1. The minimum Gasteiger partial charge on any atom is -0.467 e. The van der Waals surface area contributed by atoms with Crippen molar-refractivity contribution in [3.8, 4) is 0 Å². The highest BCUT2D eigenvalue weighted by Gasteiger charge is 2.35. The van der Waals surface area contributed by atoms with E-state index in [0.29, 0.717) is 24.8 Å². The summed E-state index contributed by atoms with van der Waals surface area (Å²) >= 11 is 0. The van der Waals surface area contributed by atoms with Crippen molar-refractivity contribution >= 4 is 17.5 Å². The fraction of sp³-hybridized carbons (Fsp3) is 0.368. The van der Waals surface area contributed by atoms with Crippen molar-refractivity contribution in [2.45, 2.75) is 32.7 Å². The lowest BCUT2D eigenvalue weighted by Gasteiger charge is -2.17. The monoisotopic (exact) mass is 326 g/mol. The molecule has 0 saturated carbocycles. The number of carbonyl (C=O) groups is 2. The van der Waals surface area contributed by atoms with Gasteiger partial charge in [-0.25, -0.2) is 0 Å². The largest absolute Gasteiger partial charge is 0.467 e. The lowest BCUT2D eigenvalue weighted by Crippen LogP contribution is -2.32. The predicted octanol–water partition coefficient (Wildman–Crippen LogP) is 3.07. The molecule has 2 amide bonds. The first-order valence-electron chi connectivity index (χ1n) is 8.25. The molecule has 1 saturated heterocycles. The third-order valence-corrected chi connectivity index (χ3v) is 4.38. The minimum atomic E-state index is -0.322. The Kier molecular flexibility index (Phi) is 4.69. The SMILES string of the molecule is CC(C)c1ccc(N2CC(C(=O)NCc3ccco3)CC2=O)cc1. The van der Waals surface area contributed by atoms with Crippen LogP contribution < -0.4 is 10.2 Å². The van der Waals surface area contributed by atoms with Gasteiger partial charge in [0, 0.05) is 18.7 Å². The maximum atomic E-state index is 12.3. The van der Waals surface area contributed by atoms with Gasteiger partial charge >= 0.3 is 0 Å². The van der Waals surface area contributed by atoms with Gasteiger partial charge in [-0.3, -0.25) is 9.59 Å². The normalized spacial score (nSPS) is 17.5. The van der Waals surface area contributed by atoms with Crippen molar-refractivity contribution in [1.82, 2.24) is 5.32 Å². The van der Waals surface area contributed by atoms with Gasteiger partial charge in [-0.15, -0.1) is 0 Å². The van der Waals surface area contributed by atoms with E-state index in [0.717, 1.165) is 5.69 Å². The smallest absolute Gasteiger partial charge is 0.227 e. The zero-order valence-electron chi connectivity index (χ0n) is 14.0. The van der Waals surface area contributed by atoms with Crippen LogP contribution >= 0.6 is 0 Å². The van der Waals surface area contributed by atoms with E-state index in [1.165, 1.54) is 5.56 Å². The van der Waals surface area contributed by atoms with E-state index < -0.39 is 0 Å². The van der Waals surface area contributed by atoms with Crippen LogP contribution in [-0.2, 0) is 16.1 Å². The Hall–Kier alpha value is -2.56. The summed E-state index contributed by atoms with van der Waals surface area (Å²) in [4.78, 5) is 26.2. The van der Waals surface area contributed by atoms with Gasteiger partial charge < -0.3 is 14.6 Å². The van der Waals surface area contributed by atoms with Crippen LogP contribution in [0.3, 0.4) is 0 Å². The molecule has 1 aliphatic heterocycles. The van der Waals surface area contributed by atoms with E-state index in [1.807, 2.05) is 30.3 Å². The van der Waals surface area contributed by atoms with Gasteiger partial charge in [-0.1, -0.05) is 26.0 Å². The summed E-state index contributed by atoms with van der Waals surface area (Å²) in [6, 6.07) is 11.6. The van der Waals surface area contributed by atoms with Crippen LogP contribution in [0.25, 0.3) is 0 Å². The second-order valence-electron chi connectivity index (χ2n) is 6.45. The van der Waals surface area contributed by atoms with Gasteiger partial charge in [0.1, 0.15) is 5.76 Å². The number of benzene rings is 1. The average Bonchev–Trinajstić information content (AvgIpc) is 3.22. The van der Waals surface area contributed by atoms with Crippen LogP contribution in [0.4, 0.5) is 5.69 Å². The molecule has 1 aliphatic rings. The molecule has 2 aromatic rings. The Labute approximate surface area is 141 Å². The summed E-state index contributed by atoms with van der Waals surface area (Å²) in [5.74, 6) is 0.714. The second-order valence-corrected chi connectivity index (χ2v) is 6.45. The Morgan fingerprint density at radius 1 is 1.29 bits per heavy atom. The van der Waals surface area contributed by atoms with E-state index in [1.54, 1.807) is 17.2 Å². The van der Waals surface area contributed by atoms with Gasteiger partial charge in [0.2, 0.25) is 11.8 Å². The van der Waals surface area contributed by atoms with Crippen LogP contribution in [0.15, 0.2) is 47.1 Å². The molecule has 1 N–H and O–H groups in total. The Bertz CT molecular complexity index is 705. The molecular weight excluding hydrogens is 304 g/mol. The van der Waals surface area contributed by atoms with Crippen molar-refractivity contribution in [2.24, 2.45) is 5.92 Å². The molecular formula is C19H22N2O3. The number of furan rings is 1.